The molecule has 1 aliphatic heterocycles. The Kier molecular flexibility index (Phi) is 5.24. The summed E-state index contributed by atoms with van der Waals surface area (Å²) in [4.78, 5) is 33.8. The Balaban J connectivity index is 1.55. The number of para-hydroxylation sites is 2. The molecule has 1 N–H and O–H groups in total. The molecule has 1 aromatic heterocycles. The molecular formula is C26H30N4O2. The topological polar surface area (TPSA) is 67.2 Å². The summed E-state index contributed by atoms with van der Waals surface area (Å²) in [5.74, 6) is 0.130. The molecule has 1 saturated carbocycles. The van der Waals surface area contributed by atoms with Crippen LogP contribution < -0.4 is 5.32 Å². The van der Waals surface area contributed by atoms with Gasteiger partial charge < -0.3 is 14.8 Å². The fourth-order valence-electron chi connectivity index (χ4n) is 5.16. The van der Waals surface area contributed by atoms with Gasteiger partial charge in [-0.05, 0) is 44.4 Å². The Morgan fingerprint density at radius 3 is 2.69 bits per heavy atom. The number of hydrogen-bond acceptors (Lipinski definition) is 3. The smallest absolute Gasteiger partial charge is 0.291 e. The minimum absolute atomic E-state index is 0.0752. The molecular weight excluding hydrogens is 400 g/mol. The number of amides is 2. The third kappa shape index (κ3) is 3.57. The Morgan fingerprint density at radius 1 is 1.12 bits per heavy atom. The molecule has 2 heterocycles. The SMILES string of the molecule is Cc1cccc(CN2C(=O)c3nc4ccccc4n3CC2(C)C(=O)NC2CCCCC2)c1. The molecule has 0 radical (unpaired) electrons. The molecule has 1 fully saturated rings. The third-order valence-corrected chi connectivity index (χ3v) is 7.01. The lowest BCUT2D eigenvalue weighted by Crippen LogP contribution is -2.64. The maximum atomic E-state index is 13.8. The Morgan fingerprint density at radius 2 is 1.91 bits per heavy atom. The molecule has 0 saturated heterocycles. The van der Waals surface area contributed by atoms with Crippen LogP contribution in [0.25, 0.3) is 11.0 Å². The fraction of sp³-hybridized carbons (Fsp3) is 0.423. The summed E-state index contributed by atoms with van der Waals surface area (Å²) in [6.45, 7) is 4.70. The van der Waals surface area contributed by atoms with E-state index in [-0.39, 0.29) is 17.9 Å². The molecule has 0 spiro atoms. The number of benzene rings is 2. The average Bonchev–Trinajstić information content (AvgIpc) is 3.16. The molecule has 166 valence electrons. The number of hydrogen-bond donors (Lipinski definition) is 1. The van der Waals surface area contributed by atoms with E-state index < -0.39 is 5.54 Å². The zero-order valence-electron chi connectivity index (χ0n) is 18.8. The lowest BCUT2D eigenvalue weighted by molar-refractivity contribution is -0.134. The predicted octanol–water partition coefficient (Wildman–Crippen LogP) is 4.21. The highest BCUT2D eigenvalue weighted by atomic mass is 16.2. The van der Waals surface area contributed by atoms with Gasteiger partial charge in [0.15, 0.2) is 5.82 Å². The van der Waals surface area contributed by atoms with E-state index in [1.165, 1.54) is 6.42 Å². The molecule has 0 bridgehead atoms. The minimum atomic E-state index is -1.01. The summed E-state index contributed by atoms with van der Waals surface area (Å²) >= 11 is 0. The molecule has 32 heavy (non-hydrogen) atoms. The van der Waals surface area contributed by atoms with E-state index in [9.17, 15) is 9.59 Å². The number of rotatable bonds is 4. The number of fused-ring (bicyclic) bond motifs is 3. The fourth-order valence-corrected chi connectivity index (χ4v) is 5.16. The summed E-state index contributed by atoms with van der Waals surface area (Å²) < 4.78 is 1.92. The van der Waals surface area contributed by atoms with Crippen LogP contribution in [0, 0.1) is 6.92 Å². The van der Waals surface area contributed by atoms with E-state index in [2.05, 4.69) is 16.4 Å². The van der Waals surface area contributed by atoms with Crippen LogP contribution in [0.3, 0.4) is 0 Å². The number of carbonyl (C=O) groups excluding carboxylic acids is 2. The molecule has 6 heteroatoms. The Bertz CT molecular complexity index is 1180. The van der Waals surface area contributed by atoms with Crippen molar-refractivity contribution in [2.24, 2.45) is 0 Å². The number of nitrogens with zero attached hydrogens (tertiary/aromatic N) is 3. The van der Waals surface area contributed by atoms with E-state index in [0.29, 0.717) is 18.9 Å². The number of imidazole rings is 1. The van der Waals surface area contributed by atoms with Gasteiger partial charge in [0.25, 0.3) is 5.91 Å². The van der Waals surface area contributed by atoms with Gasteiger partial charge in [0.2, 0.25) is 5.91 Å². The number of aromatic nitrogens is 2. The first-order valence-electron chi connectivity index (χ1n) is 11.6. The first-order valence-corrected chi connectivity index (χ1v) is 11.6. The van der Waals surface area contributed by atoms with Crippen LogP contribution in [0.15, 0.2) is 48.5 Å². The quantitative estimate of drug-likeness (QED) is 0.674. The lowest BCUT2D eigenvalue weighted by Gasteiger charge is -2.44. The first-order chi connectivity index (χ1) is 15.5. The molecule has 6 nitrogen and oxygen atoms in total. The maximum Gasteiger partial charge on any atom is 0.291 e. The van der Waals surface area contributed by atoms with Crippen molar-refractivity contribution in [3.63, 3.8) is 0 Å². The minimum Gasteiger partial charge on any atom is -0.351 e. The molecule has 2 amide bonds. The standard InChI is InChI=1S/C26H30N4O2/c1-18-9-8-10-19(15-18)16-30-24(31)23-28-21-13-6-7-14-22(21)29(23)17-26(30,2)25(32)27-20-11-4-3-5-12-20/h6-10,13-15,20H,3-5,11-12,16-17H2,1-2H3,(H,27,32). The zero-order chi connectivity index (χ0) is 22.3. The monoisotopic (exact) mass is 430 g/mol. The van der Waals surface area contributed by atoms with E-state index in [0.717, 1.165) is 47.8 Å². The van der Waals surface area contributed by atoms with Gasteiger partial charge in [-0.3, -0.25) is 9.59 Å². The Labute approximate surface area is 188 Å². The van der Waals surface area contributed by atoms with Crippen LogP contribution in [0.5, 0.6) is 0 Å². The van der Waals surface area contributed by atoms with E-state index in [1.54, 1.807) is 4.90 Å². The molecule has 1 unspecified atom stereocenters. The second-order valence-electron chi connectivity index (χ2n) is 9.47. The summed E-state index contributed by atoms with van der Waals surface area (Å²) in [6, 6.07) is 16.1. The van der Waals surface area contributed by atoms with Gasteiger partial charge in [-0.2, -0.15) is 0 Å². The molecule has 5 rings (SSSR count). The average molecular weight is 431 g/mol. The summed E-state index contributed by atoms with van der Waals surface area (Å²) in [7, 11) is 0. The van der Waals surface area contributed by atoms with Crippen molar-refractivity contribution >= 4 is 22.8 Å². The molecule has 1 aliphatic carbocycles. The van der Waals surface area contributed by atoms with Gasteiger partial charge in [0.05, 0.1) is 17.6 Å². The van der Waals surface area contributed by atoms with Gasteiger partial charge in [0, 0.05) is 12.6 Å². The van der Waals surface area contributed by atoms with E-state index >= 15 is 0 Å². The largest absolute Gasteiger partial charge is 0.351 e. The first kappa shape index (κ1) is 20.7. The Hall–Kier alpha value is -3.15. The predicted molar refractivity (Wildman–Crippen MR) is 124 cm³/mol. The number of carbonyl (C=O) groups is 2. The van der Waals surface area contributed by atoms with E-state index in [1.807, 2.05) is 60.9 Å². The van der Waals surface area contributed by atoms with Gasteiger partial charge >= 0.3 is 0 Å². The highest BCUT2D eigenvalue weighted by Gasteiger charge is 2.48. The maximum absolute atomic E-state index is 13.8. The number of aryl methyl sites for hydroxylation is 1. The van der Waals surface area contributed by atoms with Crippen molar-refractivity contribution < 1.29 is 9.59 Å². The van der Waals surface area contributed by atoms with Crippen LogP contribution in [0.1, 0.15) is 60.8 Å². The van der Waals surface area contributed by atoms with Crippen LogP contribution in [0.2, 0.25) is 0 Å². The van der Waals surface area contributed by atoms with Crippen molar-refractivity contribution in [1.29, 1.82) is 0 Å². The van der Waals surface area contributed by atoms with Gasteiger partial charge in [-0.1, -0.05) is 61.2 Å². The zero-order valence-corrected chi connectivity index (χ0v) is 18.8. The summed E-state index contributed by atoms with van der Waals surface area (Å²) in [5.41, 5.74) is 2.81. The van der Waals surface area contributed by atoms with Gasteiger partial charge in [0.1, 0.15) is 5.54 Å². The highest BCUT2D eigenvalue weighted by molar-refractivity contribution is 6.01. The van der Waals surface area contributed by atoms with Gasteiger partial charge in [-0.25, -0.2) is 4.98 Å². The molecule has 2 aliphatic rings. The number of nitrogens with one attached hydrogen (secondary N) is 1. The van der Waals surface area contributed by atoms with Crippen molar-refractivity contribution in [1.82, 2.24) is 19.8 Å². The lowest BCUT2D eigenvalue weighted by atomic mass is 9.91. The van der Waals surface area contributed by atoms with Crippen molar-refractivity contribution in [2.45, 2.75) is 70.6 Å². The highest BCUT2D eigenvalue weighted by Crippen LogP contribution is 2.32. The van der Waals surface area contributed by atoms with E-state index in [4.69, 9.17) is 0 Å². The molecule has 1 atom stereocenters. The van der Waals surface area contributed by atoms with Crippen LogP contribution >= 0.6 is 0 Å². The summed E-state index contributed by atoms with van der Waals surface area (Å²) in [5, 5.41) is 3.28. The van der Waals surface area contributed by atoms with Crippen molar-refractivity contribution in [3.05, 3.63) is 65.5 Å². The van der Waals surface area contributed by atoms with Crippen LogP contribution in [-0.2, 0) is 17.9 Å². The van der Waals surface area contributed by atoms with Crippen molar-refractivity contribution in [2.75, 3.05) is 0 Å². The second kappa shape index (κ2) is 8.08. The van der Waals surface area contributed by atoms with Crippen molar-refractivity contribution in [3.8, 4) is 0 Å². The summed E-state index contributed by atoms with van der Waals surface area (Å²) in [6.07, 6.45) is 5.53. The van der Waals surface area contributed by atoms with Crippen LogP contribution in [0.4, 0.5) is 0 Å². The normalized spacial score (nSPS) is 21.6. The van der Waals surface area contributed by atoms with Crippen LogP contribution in [-0.4, -0.2) is 37.8 Å². The molecule has 2 aromatic carbocycles. The second-order valence-corrected chi connectivity index (χ2v) is 9.47. The molecule has 3 aromatic rings. The van der Waals surface area contributed by atoms with Gasteiger partial charge in [-0.15, -0.1) is 0 Å². The third-order valence-electron chi connectivity index (χ3n) is 7.01.